The number of ether oxygens (including phenoxy) is 1. The molecule has 0 fully saturated rings. The van der Waals surface area contributed by atoms with Gasteiger partial charge in [-0.05, 0) is 60.4 Å². The average Bonchev–Trinajstić information content (AvgIpc) is 2.38. The molecular weight excluding hydrogens is 238 g/mol. The second-order valence-electron chi connectivity index (χ2n) is 4.76. The van der Waals surface area contributed by atoms with Crippen LogP contribution < -0.4 is 10.5 Å². The first-order valence-corrected chi connectivity index (χ1v) is 6.21. The van der Waals surface area contributed by atoms with Gasteiger partial charge in [0.15, 0.2) is 0 Å². The van der Waals surface area contributed by atoms with Crippen LogP contribution in [0.25, 0.3) is 0 Å². The number of nitrogens with two attached hydrogens (primary N) is 1. The van der Waals surface area contributed by atoms with Crippen LogP contribution in [0, 0.1) is 13.8 Å². The Morgan fingerprint density at radius 3 is 2.00 bits per heavy atom. The van der Waals surface area contributed by atoms with Crippen LogP contribution in [0.3, 0.4) is 0 Å². The monoisotopic (exact) mass is 257 g/mol. The molecule has 100 valence electrons. The van der Waals surface area contributed by atoms with E-state index in [4.69, 9.17) is 10.5 Å². The maximum Gasteiger partial charge on any atom is 0.124 e. The summed E-state index contributed by atoms with van der Waals surface area (Å²) in [4.78, 5) is 0. The zero-order valence-electron chi connectivity index (χ0n) is 11.5. The third-order valence-corrected chi connectivity index (χ3v) is 3.25. The fourth-order valence-electron chi connectivity index (χ4n) is 2.33. The van der Waals surface area contributed by atoms with Crippen molar-refractivity contribution in [2.24, 2.45) is 0 Å². The number of aliphatic hydroxyl groups excluding tert-OH is 1. The third-order valence-electron chi connectivity index (χ3n) is 3.25. The molecule has 0 saturated carbocycles. The molecule has 3 nitrogen and oxygen atoms in total. The van der Waals surface area contributed by atoms with Gasteiger partial charge in [0, 0.05) is 5.69 Å². The quantitative estimate of drug-likeness (QED) is 0.831. The minimum atomic E-state index is -0.649. The molecule has 2 rings (SSSR count). The fraction of sp³-hybridized carbons (Fsp3) is 0.250. The number of nitrogen functional groups attached to an aromatic ring is 1. The lowest BCUT2D eigenvalue weighted by atomic mass is 9.97. The third kappa shape index (κ3) is 2.71. The number of rotatable bonds is 3. The molecule has 1 unspecified atom stereocenters. The summed E-state index contributed by atoms with van der Waals surface area (Å²) < 4.78 is 5.33. The fourth-order valence-corrected chi connectivity index (χ4v) is 2.33. The molecule has 0 bridgehead atoms. The van der Waals surface area contributed by atoms with E-state index in [0.29, 0.717) is 5.69 Å². The summed E-state index contributed by atoms with van der Waals surface area (Å²) >= 11 is 0. The van der Waals surface area contributed by atoms with Gasteiger partial charge in [-0.3, -0.25) is 0 Å². The molecule has 0 amide bonds. The van der Waals surface area contributed by atoms with E-state index in [1.54, 1.807) is 19.2 Å². The van der Waals surface area contributed by atoms with Crippen LogP contribution in [-0.2, 0) is 0 Å². The molecule has 19 heavy (non-hydrogen) atoms. The molecule has 0 radical (unpaired) electrons. The molecular formula is C16H19NO2. The highest BCUT2D eigenvalue weighted by molar-refractivity contribution is 5.47. The Morgan fingerprint density at radius 1 is 1.00 bits per heavy atom. The molecule has 0 aliphatic carbocycles. The van der Waals surface area contributed by atoms with Crippen molar-refractivity contribution in [3.63, 3.8) is 0 Å². The summed E-state index contributed by atoms with van der Waals surface area (Å²) in [5.41, 5.74) is 10.1. The van der Waals surface area contributed by atoms with Gasteiger partial charge in [-0.25, -0.2) is 0 Å². The molecule has 3 N–H and O–H groups in total. The molecule has 0 aliphatic rings. The lowest BCUT2D eigenvalue weighted by Crippen LogP contribution is -2.02. The van der Waals surface area contributed by atoms with Crippen LogP contribution in [0.1, 0.15) is 28.4 Å². The van der Waals surface area contributed by atoms with Crippen LogP contribution in [-0.4, -0.2) is 12.2 Å². The van der Waals surface area contributed by atoms with E-state index in [0.717, 1.165) is 28.0 Å². The van der Waals surface area contributed by atoms with Crippen molar-refractivity contribution in [3.8, 4) is 5.75 Å². The van der Waals surface area contributed by atoms with E-state index >= 15 is 0 Å². The van der Waals surface area contributed by atoms with E-state index in [9.17, 15) is 5.11 Å². The van der Waals surface area contributed by atoms with Gasteiger partial charge in [0.1, 0.15) is 11.9 Å². The van der Waals surface area contributed by atoms with Gasteiger partial charge in [-0.2, -0.15) is 0 Å². The van der Waals surface area contributed by atoms with Gasteiger partial charge >= 0.3 is 0 Å². The summed E-state index contributed by atoms with van der Waals surface area (Å²) in [6, 6.07) is 11.2. The zero-order valence-corrected chi connectivity index (χ0v) is 11.5. The number of methoxy groups -OCH3 is 1. The van der Waals surface area contributed by atoms with E-state index < -0.39 is 6.10 Å². The van der Waals surface area contributed by atoms with Crippen molar-refractivity contribution in [2.75, 3.05) is 12.8 Å². The molecule has 0 saturated heterocycles. The number of benzene rings is 2. The van der Waals surface area contributed by atoms with Crippen molar-refractivity contribution in [1.29, 1.82) is 0 Å². The molecule has 0 aromatic heterocycles. The lowest BCUT2D eigenvalue weighted by molar-refractivity contribution is 0.220. The normalized spacial score (nSPS) is 12.2. The highest BCUT2D eigenvalue weighted by atomic mass is 16.5. The Balaban J connectivity index is 2.39. The maximum absolute atomic E-state index is 10.4. The molecule has 1 atom stereocenters. The highest BCUT2D eigenvalue weighted by Gasteiger charge is 2.13. The first kappa shape index (κ1) is 13.4. The summed E-state index contributed by atoms with van der Waals surface area (Å²) in [5.74, 6) is 0.869. The van der Waals surface area contributed by atoms with Crippen LogP contribution in [0.4, 0.5) is 5.69 Å². The Hall–Kier alpha value is -2.00. The number of hydrogen-bond acceptors (Lipinski definition) is 3. The molecule has 0 heterocycles. The molecule has 2 aromatic carbocycles. The van der Waals surface area contributed by atoms with E-state index in [2.05, 4.69) is 0 Å². The van der Waals surface area contributed by atoms with Crippen LogP contribution in [0.2, 0.25) is 0 Å². The minimum absolute atomic E-state index is 0.649. The second-order valence-corrected chi connectivity index (χ2v) is 4.76. The van der Waals surface area contributed by atoms with Crippen molar-refractivity contribution in [1.82, 2.24) is 0 Å². The number of anilines is 1. The largest absolute Gasteiger partial charge is 0.496 e. The highest BCUT2D eigenvalue weighted by Crippen LogP contribution is 2.30. The van der Waals surface area contributed by atoms with Crippen molar-refractivity contribution < 1.29 is 9.84 Å². The predicted octanol–water partition coefficient (Wildman–Crippen LogP) is 2.98. The van der Waals surface area contributed by atoms with Crippen molar-refractivity contribution >= 4 is 5.69 Å². The summed E-state index contributed by atoms with van der Waals surface area (Å²) in [6.45, 7) is 3.95. The minimum Gasteiger partial charge on any atom is -0.496 e. The van der Waals surface area contributed by atoms with Crippen molar-refractivity contribution in [3.05, 3.63) is 58.7 Å². The number of aliphatic hydroxyl groups is 1. The first-order chi connectivity index (χ1) is 9.02. The SMILES string of the molecule is COc1c(C)cc(C(O)c2ccc(N)cc2)cc1C. The summed E-state index contributed by atoms with van der Waals surface area (Å²) in [5, 5.41) is 10.4. The molecule has 2 aromatic rings. The Morgan fingerprint density at radius 2 is 1.53 bits per heavy atom. The second kappa shape index (κ2) is 5.33. The Bertz CT molecular complexity index is 553. The van der Waals surface area contributed by atoms with Crippen LogP contribution in [0.5, 0.6) is 5.75 Å². The van der Waals surface area contributed by atoms with E-state index in [1.165, 1.54) is 0 Å². The summed E-state index contributed by atoms with van der Waals surface area (Å²) in [6.07, 6.45) is -0.649. The topological polar surface area (TPSA) is 55.5 Å². The Kier molecular flexibility index (Phi) is 3.76. The van der Waals surface area contributed by atoms with Gasteiger partial charge in [-0.15, -0.1) is 0 Å². The number of hydrogen-bond donors (Lipinski definition) is 2. The number of aryl methyl sites for hydroxylation is 2. The van der Waals surface area contributed by atoms with Gasteiger partial charge in [-0.1, -0.05) is 12.1 Å². The van der Waals surface area contributed by atoms with Gasteiger partial charge in [0.25, 0.3) is 0 Å². The van der Waals surface area contributed by atoms with Gasteiger partial charge in [0.05, 0.1) is 7.11 Å². The smallest absolute Gasteiger partial charge is 0.124 e. The van der Waals surface area contributed by atoms with Crippen LogP contribution in [0.15, 0.2) is 36.4 Å². The van der Waals surface area contributed by atoms with Crippen LogP contribution >= 0.6 is 0 Å². The Labute approximate surface area is 113 Å². The van der Waals surface area contributed by atoms with E-state index in [-0.39, 0.29) is 0 Å². The van der Waals surface area contributed by atoms with Crippen molar-refractivity contribution in [2.45, 2.75) is 20.0 Å². The van der Waals surface area contributed by atoms with Gasteiger partial charge < -0.3 is 15.6 Å². The molecule has 0 spiro atoms. The van der Waals surface area contributed by atoms with E-state index in [1.807, 2.05) is 38.1 Å². The summed E-state index contributed by atoms with van der Waals surface area (Å²) in [7, 11) is 1.66. The predicted molar refractivity (Wildman–Crippen MR) is 77.4 cm³/mol. The first-order valence-electron chi connectivity index (χ1n) is 6.21. The zero-order chi connectivity index (χ0) is 14.0. The average molecular weight is 257 g/mol. The van der Waals surface area contributed by atoms with Gasteiger partial charge in [0.2, 0.25) is 0 Å². The molecule has 0 aliphatic heterocycles. The standard InChI is InChI=1S/C16H19NO2/c1-10-8-13(9-11(2)16(10)19-3)15(18)12-4-6-14(17)7-5-12/h4-9,15,18H,17H2,1-3H3. The lowest BCUT2D eigenvalue weighted by Gasteiger charge is -2.16. The molecule has 3 heteroatoms. The maximum atomic E-state index is 10.4.